The Balaban J connectivity index is 0.977. The molecule has 2 saturated heterocycles. The molecule has 3 fully saturated rings. The van der Waals surface area contributed by atoms with Crippen LogP contribution in [0.15, 0.2) is 60.8 Å². The van der Waals surface area contributed by atoms with Crippen LogP contribution >= 0.6 is 0 Å². The first-order valence-electron chi connectivity index (χ1n) is 20.9. The lowest BCUT2D eigenvalue weighted by Crippen LogP contribution is -2.40. The molecule has 10 nitrogen and oxygen atoms in total. The van der Waals surface area contributed by atoms with Crippen LogP contribution in [0.5, 0.6) is 0 Å². The van der Waals surface area contributed by atoms with E-state index in [9.17, 15) is 9.59 Å². The third kappa shape index (κ3) is 6.99. The van der Waals surface area contributed by atoms with Gasteiger partial charge in [0.2, 0.25) is 0 Å². The maximum atomic E-state index is 13.3. The average molecular weight is 769 g/mol. The van der Waals surface area contributed by atoms with Gasteiger partial charge in [-0.15, -0.1) is 0 Å². The van der Waals surface area contributed by atoms with E-state index in [0.29, 0.717) is 24.3 Å². The van der Waals surface area contributed by atoms with Crippen molar-refractivity contribution in [2.45, 2.75) is 135 Å². The highest BCUT2D eigenvalue weighted by molar-refractivity contribution is 5.86. The van der Waals surface area contributed by atoms with Gasteiger partial charge in [0.25, 0.3) is 0 Å². The third-order valence-electron chi connectivity index (χ3n) is 12.5. The normalized spacial score (nSPS) is 24.4. The van der Waals surface area contributed by atoms with Crippen molar-refractivity contribution in [2.24, 2.45) is 5.92 Å². The van der Waals surface area contributed by atoms with Crippen molar-refractivity contribution in [3.05, 3.63) is 83.6 Å². The molecule has 298 valence electrons. The number of H-pyrrole nitrogens is 2. The molecule has 2 aliphatic heterocycles. The van der Waals surface area contributed by atoms with Crippen LogP contribution in [0.4, 0.5) is 9.59 Å². The Morgan fingerprint density at radius 1 is 0.702 bits per heavy atom. The minimum atomic E-state index is -0.556. The number of amides is 2. The highest BCUT2D eigenvalue weighted by atomic mass is 16.6. The van der Waals surface area contributed by atoms with Gasteiger partial charge in [-0.3, -0.25) is 9.80 Å². The fraction of sp³-hybridized carbons (Fsp3) is 0.489. The molecule has 4 aliphatic rings. The molecule has 2 amide bonds. The van der Waals surface area contributed by atoms with E-state index in [2.05, 4.69) is 78.4 Å². The van der Waals surface area contributed by atoms with Crippen molar-refractivity contribution in [1.82, 2.24) is 29.7 Å². The van der Waals surface area contributed by atoms with E-state index in [1.54, 1.807) is 0 Å². The molecule has 5 aromatic rings. The number of nitrogens with one attached hydrogen (secondary N) is 2. The van der Waals surface area contributed by atoms with E-state index in [1.165, 1.54) is 52.6 Å². The van der Waals surface area contributed by atoms with Crippen molar-refractivity contribution >= 4 is 23.2 Å². The van der Waals surface area contributed by atoms with E-state index in [4.69, 9.17) is 19.4 Å². The van der Waals surface area contributed by atoms with Crippen molar-refractivity contribution in [3.63, 3.8) is 0 Å². The SMILES string of the molecule is C[C@H]1C[C@@H](c2ncc(-c3ccc(-c4ccc(-c5ccc6nc([C@@H]7CC[C@H](C)N7C(=O)OC(C)(C)C)[nH]c6c5)c5c4C4CCC5C4)cc3)[nH]2)N(C(=O)OC(C)(C)C)C1. The maximum absolute atomic E-state index is 13.3. The summed E-state index contributed by atoms with van der Waals surface area (Å²) >= 11 is 0. The predicted molar refractivity (Wildman–Crippen MR) is 223 cm³/mol. The second-order valence-electron chi connectivity index (χ2n) is 19.1. The molecule has 57 heavy (non-hydrogen) atoms. The number of nitrogens with zero attached hydrogens (tertiary/aromatic N) is 4. The van der Waals surface area contributed by atoms with Gasteiger partial charge in [-0.25, -0.2) is 19.6 Å². The zero-order valence-electron chi connectivity index (χ0n) is 34.6. The Labute approximate surface area is 335 Å². The van der Waals surface area contributed by atoms with Gasteiger partial charge >= 0.3 is 12.2 Å². The summed E-state index contributed by atoms with van der Waals surface area (Å²) < 4.78 is 11.5. The van der Waals surface area contributed by atoms with Gasteiger partial charge in [-0.05, 0) is 156 Å². The number of hydrogen-bond acceptors (Lipinski definition) is 6. The molecular weight excluding hydrogens is 713 g/mol. The van der Waals surface area contributed by atoms with E-state index < -0.39 is 11.2 Å². The molecule has 2 aliphatic carbocycles. The summed E-state index contributed by atoms with van der Waals surface area (Å²) in [6, 6.07) is 19.9. The largest absolute Gasteiger partial charge is 0.444 e. The maximum Gasteiger partial charge on any atom is 0.411 e. The van der Waals surface area contributed by atoms with E-state index >= 15 is 0 Å². The summed E-state index contributed by atoms with van der Waals surface area (Å²) in [7, 11) is 0. The molecule has 1 saturated carbocycles. The molecule has 0 radical (unpaired) electrons. The first-order valence-corrected chi connectivity index (χ1v) is 20.9. The van der Waals surface area contributed by atoms with Gasteiger partial charge < -0.3 is 19.4 Å². The molecule has 0 spiro atoms. The second kappa shape index (κ2) is 13.8. The summed E-state index contributed by atoms with van der Waals surface area (Å²) in [6.45, 7) is 16.4. The summed E-state index contributed by atoms with van der Waals surface area (Å²) in [4.78, 5) is 46.9. The molecule has 4 heterocycles. The first-order chi connectivity index (χ1) is 27.1. The highest BCUT2D eigenvalue weighted by Crippen LogP contribution is 2.58. The molecular formula is C47H56N6O4. The van der Waals surface area contributed by atoms with Crippen LogP contribution in [0.3, 0.4) is 0 Å². The monoisotopic (exact) mass is 768 g/mol. The Hall–Kier alpha value is -5.12. The summed E-state index contributed by atoms with van der Waals surface area (Å²) in [5.74, 6) is 3.12. The highest BCUT2D eigenvalue weighted by Gasteiger charge is 2.42. The van der Waals surface area contributed by atoms with Crippen molar-refractivity contribution in [2.75, 3.05) is 6.54 Å². The van der Waals surface area contributed by atoms with Gasteiger partial charge in [0.1, 0.15) is 22.9 Å². The van der Waals surface area contributed by atoms with Crippen LogP contribution < -0.4 is 0 Å². The van der Waals surface area contributed by atoms with Gasteiger partial charge in [0.15, 0.2) is 0 Å². The summed E-state index contributed by atoms with van der Waals surface area (Å²) in [5, 5.41) is 0. The fourth-order valence-corrected chi connectivity index (χ4v) is 10.1. The van der Waals surface area contributed by atoms with Crippen molar-refractivity contribution in [1.29, 1.82) is 0 Å². The Bertz CT molecular complexity index is 2350. The van der Waals surface area contributed by atoms with Gasteiger partial charge in [0, 0.05) is 12.6 Å². The predicted octanol–water partition coefficient (Wildman–Crippen LogP) is 11.4. The first kappa shape index (κ1) is 37.5. The number of carbonyl (C=O) groups excluding carboxylic acids is 2. The van der Waals surface area contributed by atoms with Crippen LogP contribution in [0.1, 0.15) is 141 Å². The number of aromatic amines is 2. The molecule has 6 atom stereocenters. The number of ether oxygens (including phenoxy) is 2. The minimum absolute atomic E-state index is 0.0871. The van der Waals surface area contributed by atoms with E-state index in [1.807, 2.05) is 57.5 Å². The lowest BCUT2D eigenvalue weighted by molar-refractivity contribution is 0.0150. The smallest absolute Gasteiger partial charge is 0.411 e. The quantitative estimate of drug-likeness (QED) is 0.184. The average Bonchev–Trinajstić information content (AvgIpc) is 4.00. The van der Waals surface area contributed by atoms with Crippen molar-refractivity contribution < 1.29 is 19.1 Å². The van der Waals surface area contributed by atoms with Gasteiger partial charge in [-0.2, -0.15) is 0 Å². The Kier molecular flexibility index (Phi) is 9.05. The molecule has 2 bridgehead atoms. The number of fused-ring (bicyclic) bond motifs is 6. The van der Waals surface area contributed by atoms with Crippen LogP contribution in [0.25, 0.3) is 44.5 Å². The number of carbonyl (C=O) groups is 2. The zero-order valence-corrected chi connectivity index (χ0v) is 34.6. The number of likely N-dealkylation sites (tertiary alicyclic amines) is 2. The Morgan fingerprint density at radius 2 is 1.33 bits per heavy atom. The number of imidazole rings is 2. The lowest BCUT2D eigenvalue weighted by Gasteiger charge is -2.30. The summed E-state index contributed by atoms with van der Waals surface area (Å²) in [5.41, 5.74) is 10.9. The number of aromatic nitrogens is 4. The molecule has 9 rings (SSSR count). The fourth-order valence-electron chi connectivity index (χ4n) is 10.1. The molecule has 10 heteroatoms. The van der Waals surface area contributed by atoms with Crippen LogP contribution in [0.2, 0.25) is 0 Å². The Morgan fingerprint density at radius 3 is 2.02 bits per heavy atom. The van der Waals surface area contributed by atoms with Gasteiger partial charge in [-0.1, -0.05) is 49.4 Å². The second-order valence-corrected chi connectivity index (χ2v) is 19.1. The third-order valence-corrected chi connectivity index (χ3v) is 12.5. The van der Waals surface area contributed by atoms with Crippen LogP contribution in [-0.4, -0.2) is 65.7 Å². The minimum Gasteiger partial charge on any atom is -0.444 e. The molecule has 3 aromatic carbocycles. The molecule has 2 aromatic heterocycles. The lowest BCUT2D eigenvalue weighted by atomic mass is 9.81. The van der Waals surface area contributed by atoms with E-state index in [0.717, 1.165) is 53.2 Å². The topological polar surface area (TPSA) is 116 Å². The zero-order chi connectivity index (χ0) is 40.0. The summed E-state index contributed by atoms with van der Waals surface area (Å²) in [6.07, 6.45) is 7.61. The number of hydrogen-bond donors (Lipinski definition) is 2. The van der Waals surface area contributed by atoms with E-state index in [-0.39, 0.29) is 30.3 Å². The molecule has 2 N–H and O–H groups in total. The standard InChI is InChI=1S/C47H56N6O4/c1-26-21-39(52(25-26)44(54)56-46(3,4)5)42-48-24-37(51-42)29-12-10-28(11-13-29)33-17-18-34(41-32-15-14-31(22-32)40(33)41)30-16-19-35-36(23-30)50-43(49-35)38-20-9-27(2)53(38)45(55)57-47(6,7)8/h10-13,16-19,23-24,26-27,31-32,38-39H,9,14-15,20-22,25H2,1-8H3,(H,48,51)(H,49,50)/t26-,27-,31?,32?,38-,39-/m0/s1. The van der Waals surface area contributed by atoms with Crippen LogP contribution in [-0.2, 0) is 9.47 Å². The van der Waals surface area contributed by atoms with Gasteiger partial charge in [0.05, 0.1) is 35.0 Å². The van der Waals surface area contributed by atoms with Crippen molar-refractivity contribution in [3.8, 4) is 33.5 Å². The van der Waals surface area contributed by atoms with Crippen LogP contribution in [0, 0.1) is 5.92 Å². The number of benzene rings is 3. The molecule has 2 unspecified atom stereocenters. The number of rotatable bonds is 5.